The van der Waals surface area contributed by atoms with Crippen molar-refractivity contribution in [2.75, 3.05) is 63.6 Å². The molecule has 0 aromatic carbocycles. The van der Waals surface area contributed by atoms with E-state index in [1.165, 1.54) is 7.05 Å². The van der Waals surface area contributed by atoms with Crippen LogP contribution in [0.5, 0.6) is 0 Å². The maximum absolute atomic E-state index is 12.8. The summed E-state index contributed by atoms with van der Waals surface area (Å²) in [6.07, 6.45) is 9.73. The molecule has 0 spiro atoms. The molecule has 1 saturated heterocycles. The van der Waals surface area contributed by atoms with E-state index in [1.54, 1.807) is 11.0 Å². The molecule has 34 heavy (non-hydrogen) atoms. The van der Waals surface area contributed by atoms with Crippen LogP contribution in [0.2, 0.25) is 0 Å². The van der Waals surface area contributed by atoms with Crippen molar-refractivity contribution in [2.45, 2.75) is 19.9 Å². The molecule has 0 radical (unpaired) electrons. The average Bonchev–Trinajstić information content (AvgIpc) is 2.84. The Balaban J connectivity index is 1.53. The highest BCUT2D eigenvalue weighted by molar-refractivity contribution is 5.93. The first-order chi connectivity index (χ1) is 16.4. The molecule has 3 aliphatic rings. The number of aromatic nitrogens is 2. The lowest BCUT2D eigenvalue weighted by atomic mass is 9.88. The smallest absolute Gasteiger partial charge is 0.289 e. The summed E-state index contributed by atoms with van der Waals surface area (Å²) in [5.41, 5.74) is 1.84. The van der Waals surface area contributed by atoms with E-state index in [2.05, 4.69) is 38.5 Å². The van der Waals surface area contributed by atoms with E-state index in [-0.39, 0.29) is 36.1 Å². The molecule has 0 bridgehead atoms. The minimum atomic E-state index is -0.282. The zero-order valence-electron chi connectivity index (χ0n) is 20.2. The van der Waals surface area contributed by atoms with E-state index in [4.69, 9.17) is 9.72 Å². The molecule has 10 heteroatoms. The number of ether oxygens (including phenoxy) is 1. The van der Waals surface area contributed by atoms with Crippen LogP contribution in [0.15, 0.2) is 42.0 Å². The van der Waals surface area contributed by atoms with Gasteiger partial charge in [-0.2, -0.15) is 4.98 Å². The van der Waals surface area contributed by atoms with Crippen LogP contribution in [0.3, 0.4) is 0 Å². The summed E-state index contributed by atoms with van der Waals surface area (Å²) < 4.78 is 5.55. The molecule has 1 aliphatic carbocycles. The Bertz CT molecular complexity index is 1030. The van der Waals surface area contributed by atoms with Crippen LogP contribution in [0.25, 0.3) is 0 Å². The number of anilines is 2. The number of fused-ring (bicyclic) bond motifs is 1. The second-order valence-electron chi connectivity index (χ2n) is 8.75. The standard InChI is InChI=1S/C24H33N7O3/c1-5-31-19-7-6-18(12-17(19)13-20(23(31)33)34-15-21(32)25-3)27-22-16(2)14-26-24(28-22)30-10-8-29(4)9-11-30/h6-7,12-14,17,19H,5,8-11,15H2,1-4H3,(H,25,32)(H,26,27,28). The molecule has 2 N–H and O–H groups in total. The summed E-state index contributed by atoms with van der Waals surface area (Å²) in [7, 11) is 3.66. The zero-order valence-corrected chi connectivity index (χ0v) is 20.2. The van der Waals surface area contributed by atoms with Gasteiger partial charge in [0.2, 0.25) is 5.95 Å². The molecule has 182 valence electrons. The summed E-state index contributed by atoms with van der Waals surface area (Å²) in [4.78, 5) is 40.0. The largest absolute Gasteiger partial charge is 0.478 e. The van der Waals surface area contributed by atoms with Crippen molar-refractivity contribution in [3.8, 4) is 0 Å². The summed E-state index contributed by atoms with van der Waals surface area (Å²) in [5, 5.41) is 5.94. The van der Waals surface area contributed by atoms with E-state index in [1.807, 2.05) is 32.2 Å². The first kappa shape index (κ1) is 23.7. The Morgan fingerprint density at radius 2 is 2.00 bits per heavy atom. The molecule has 4 rings (SSSR count). The van der Waals surface area contributed by atoms with E-state index in [9.17, 15) is 9.59 Å². The highest BCUT2D eigenvalue weighted by Crippen LogP contribution is 2.31. The third-order valence-corrected chi connectivity index (χ3v) is 6.40. The number of carbonyl (C=O) groups is 2. The second kappa shape index (κ2) is 10.3. The van der Waals surface area contributed by atoms with Gasteiger partial charge in [-0.15, -0.1) is 0 Å². The van der Waals surface area contributed by atoms with Gasteiger partial charge < -0.3 is 30.1 Å². The van der Waals surface area contributed by atoms with Crippen molar-refractivity contribution >= 4 is 23.6 Å². The van der Waals surface area contributed by atoms with E-state index >= 15 is 0 Å². The first-order valence-corrected chi connectivity index (χ1v) is 11.7. The molecular weight excluding hydrogens is 434 g/mol. The molecule has 3 heterocycles. The molecule has 1 fully saturated rings. The Kier molecular flexibility index (Phi) is 7.16. The Labute approximate surface area is 200 Å². The molecule has 0 saturated carbocycles. The van der Waals surface area contributed by atoms with Crippen molar-refractivity contribution in [3.63, 3.8) is 0 Å². The number of allylic oxidation sites excluding steroid dienone is 1. The number of nitrogens with zero attached hydrogens (tertiary/aromatic N) is 5. The molecule has 2 aliphatic heterocycles. The lowest BCUT2D eigenvalue weighted by molar-refractivity contribution is -0.135. The fourth-order valence-electron chi connectivity index (χ4n) is 4.29. The van der Waals surface area contributed by atoms with Crippen LogP contribution >= 0.6 is 0 Å². The van der Waals surface area contributed by atoms with E-state index < -0.39 is 0 Å². The highest BCUT2D eigenvalue weighted by atomic mass is 16.5. The maximum Gasteiger partial charge on any atom is 0.289 e. The van der Waals surface area contributed by atoms with Gasteiger partial charge >= 0.3 is 0 Å². The van der Waals surface area contributed by atoms with Crippen LogP contribution in [-0.4, -0.2) is 91.0 Å². The van der Waals surface area contributed by atoms with Crippen molar-refractivity contribution in [3.05, 3.63) is 47.5 Å². The SMILES string of the molecule is CCN1C(=O)C(OCC(=O)NC)=CC2C=C(Nc3nc(N4CCN(C)CC4)ncc3C)C=CC21. The first-order valence-electron chi connectivity index (χ1n) is 11.7. The number of piperazine rings is 1. The monoisotopic (exact) mass is 467 g/mol. The average molecular weight is 468 g/mol. The van der Waals surface area contributed by atoms with Gasteiger partial charge in [0.15, 0.2) is 12.4 Å². The predicted octanol–water partition coefficient (Wildman–Crippen LogP) is 0.896. The molecular formula is C24H33N7O3. The Morgan fingerprint density at radius 3 is 2.71 bits per heavy atom. The molecule has 2 unspecified atom stereocenters. The number of rotatable bonds is 7. The van der Waals surface area contributed by atoms with Gasteiger partial charge in [0.1, 0.15) is 5.82 Å². The van der Waals surface area contributed by atoms with Gasteiger partial charge in [-0.1, -0.05) is 12.2 Å². The summed E-state index contributed by atoms with van der Waals surface area (Å²) in [5.74, 6) is 1.13. The van der Waals surface area contributed by atoms with Gasteiger partial charge in [0.25, 0.3) is 11.8 Å². The van der Waals surface area contributed by atoms with Crippen LogP contribution in [0.4, 0.5) is 11.8 Å². The van der Waals surface area contributed by atoms with Gasteiger partial charge in [0, 0.05) is 63.1 Å². The van der Waals surface area contributed by atoms with Gasteiger partial charge in [-0.25, -0.2) is 4.98 Å². The third-order valence-electron chi connectivity index (χ3n) is 6.40. The van der Waals surface area contributed by atoms with Gasteiger partial charge in [0.05, 0.1) is 6.04 Å². The molecule has 1 aromatic rings. The number of nitrogens with one attached hydrogen (secondary N) is 2. The molecule has 2 atom stereocenters. The summed E-state index contributed by atoms with van der Waals surface area (Å²) in [6, 6.07) is -0.0946. The number of hydrogen-bond acceptors (Lipinski definition) is 8. The van der Waals surface area contributed by atoms with Gasteiger partial charge in [-0.05, 0) is 33.0 Å². The topological polar surface area (TPSA) is 103 Å². The van der Waals surface area contributed by atoms with Crippen LogP contribution in [-0.2, 0) is 14.3 Å². The van der Waals surface area contributed by atoms with Gasteiger partial charge in [-0.3, -0.25) is 9.59 Å². The summed E-state index contributed by atoms with van der Waals surface area (Å²) in [6.45, 7) is 8.04. The molecule has 10 nitrogen and oxygen atoms in total. The Hall–Kier alpha value is -3.40. The fraction of sp³-hybridized carbons (Fsp3) is 0.500. The fourth-order valence-corrected chi connectivity index (χ4v) is 4.29. The normalized spacial score (nSPS) is 22.6. The van der Waals surface area contributed by atoms with E-state index in [0.29, 0.717) is 6.54 Å². The molecule has 2 amide bonds. The third kappa shape index (κ3) is 5.06. The van der Waals surface area contributed by atoms with Crippen LogP contribution < -0.4 is 15.5 Å². The minimum absolute atomic E-state index is 0.0796. The van der Waals surface area contributed by atoms with E-state index in [0.717, 1.165) is 49.2 Å². The number of hydrogen-bond donors (Lipinski definition) is 2. The quantitative estimate of drug-likeness (QED) is 0.610. The summed E-state index contributed by atoms with van der Waals surface area (Å²) >= 11 is 0. The lowest BCUT2D eigenvalue weighted by Gasteiger charge is -2.38. The van der Waals surface area contributed by atoms with Crippen LogP contribution in [0, 0.1) is 12.8 Å². The Morgan fingerprint density at radius 1 is 1.24 bits per heavy atom. The highest BCUT2D eigenvalue weighted by Gasteiger charge is 2.36. The molecule has 1 aromatic heterocycles. The minimum Gasteiger partial charge on any atom is -0.478 e. The predicted molar refractivity (Wildman–Crippen MR) is 130 cm³/mol. The van der Waals surface area contributed by atoms with Crippen molar-refractivity contribution in [2.24, 2.45) is 5.92 Å². The van der Waals surface area contributed by atoms with Crippen molar-refractivity contribution < 1.29 is 14.3 Å². The number of likely N-dealkylation sites (N-methyl/N-ethyl adjacent to an activating group) is 3. The number of aryl methyl sites for hydroxylation is 1. The number of carbonyl (C=O) groups excluding carboxylic acids is 2. The van der Waals surface area contributed by atoms with Crippen LogP contribution in [0.1, 0.15) is 12.5 Å². The van der Waals surface area contributed by atoms with Crippen molar-refractivity contribution in [1.82, 2.24) is 25.1 Å². The second-order valence-corrected chi connectivity index (χ2v) is 8.75. The zero-order chi connectivity index (χ0) is 24.2. The number of amides is 2. The van der Waals surface area contributed by atoms with Crippen molar-refractivity contribution in [1.29, 1.82) is 0 Å². The maximum atomic E-state index is 12.8. The lowest BCUT2D eigenvalue weighted by Crippen LogP contribution is -2.48.